The SMILES string of the molecule is CCCC(O)CC(C)C(C)CC. The topological polar surface area (TPSA) is 20.2 Å². The van der Waals surface area contributed by atoms with Gasteiger partial charge in [0, 0.05) is 0 Å². The summed E-state index contributed by atoms with van der Waals surface area (Å²) in [6, 6.07) is 0. The molecule has 3 unspecified atom stereocenters. The third kappa shape index (κ3) is 4.76. The van der Waals surface area contributed by atoms with E-state index in [4.69, 9.17) is 0 Å². The molecule has 0 radical (unpaired) electrons. The molecule has 1 N–H and O–H groups in total. The van der Waals surface area contributed by atoms with Gasteiger partial charge >= 0.3 is 0 Å². The second-order valence-electron chi connectivity index (χ2n) is 4.04. The van der Waals surface area contributed by atoms with E-state index in [0.29, 0.717) is 5.92 Å². The number of aliphatic hydroxyl groups excluding tert-OH is 1. The lowest BCUT2D eigenvalue weighted by atomic mass is 9.88. The first-order valence-electron chi connectivity index (χ1n) is 5.29. The summed E-state index contributed by atoms with van der Waals surface area (Å²) in [5.74, 6) is 1.41. The van der Waals surface area contributed by atoms with E-state index in [1.54, 1.807) is 0 Å². The van der Waals surface area contributed by atoms with Crippen LogP contribution in [0.4, 0.5) is 0 Å². The van der Waals surface area contributed by atoms with Gasteiger partial charge in [0.05, 0.1) is 6.10 Å². The highest BCUT2D eigenvalue weighted by atomic mass is 16.3. The van der Waals surface area contributed by atoms with Gasteiger partial charge in [0.1, 0.15) is 0 Å². The second kappa shape index (κ2) is 6.47. The van der Waals surface area contributed by atoms with Crippen LogP contribution in [0.25, 0.3) is 0 Å². The predicted molar refractivity (Wildman–Crippen MR) is 54.2 cm³/mol. The number of rotatable bonds is 6. The van der Waals surface area contributed by atoms with Gasteiger partial charge in [0.25, 0.3) is 0 Å². The Morgan fingerprint density at radius 2 is 1.67 bits per heavy atom. The van der Waals surface area contributed by atoms with Crippen molar-refractivity contribution in [2.45, 2.75) is 59.5 Å². The first-order chi connectivity index (χ1) is 5.61. The van der Waals surface area contributed by atoms with Gasteiger partial charge in [-0.2, -0.15) is 0 Å². The summed E-state index contributed by atoms with van der Waals surface area (Å²) < 4.78 is 0. The fourth-order valence-corrected chi connectivity index (χ4v) is 1.51. The number of hydrogen-bond acceptors (Lipinski definition) is 1. The minimum absolute atomic E-state index is 0.0704. The van der Waals surface area contributed by atoms with Crippen LogP contribution in [0.3, 0.4) is 0 Å². The van der Waals surface area contributed by atoms with Gasteiger partial charge in [-0.25, -0.2) is 0 Å². The smallest absolute Gasteiger partial charge is 0.0542 e. The molecule has 0 aliphatic rings. The minimum atomic E-state index is -0.0704. The molecule has 3 atom stereocenters. The molecule has 0 amide bonds. The van der Waals surface area contributed by atoms with Gasteiger partial charge in [-0.3, -0.25) is 0 Å². The fraction of sp³-hybridized carbons (Fsp3) is 1.00. The molecule has 0 aromatic carbocycles. The van der Waals surface area contributed by atoms with Crippen molar-refractivity contribution >= 4 is 0 Å². The highest BCUT2D eigenvalue weighted by Crippen LogP contribution is 2.20. The molecule has 0 rings (SSSR count). The molecule has 0 bridgehead atoms. The molecule has 0 aromatic heterocycles. The largest absolute Gasteiger partial charge is 0.393 e. The summed E-state index contributed by atoms with van der Waals surface area (Å²) in [6.07, 6.45) is 4.18. The molecule has 0 aromatic rings. The lowest BCUT2D eigenvalue weighted by Crippen LogP contribution is -2.16. The summed E-state index contributed by atoms with van der Waals surface area (Å²) in [5.41, 5.74) is 0. The normalized spacial score (nSPS) is 18.8. The van der Waals surface area contributed by atoms with Crippen molar-refractivity contribution in [1.29, 1.82) is 0 Å². The molecule has 0 saturated carbocycles. The van der Waals surface area contributed by atoms with Gasteiger partial charge in [-0.1, -0.05) is 40.5 Å². The maximum atomic E-state index is 9.56. The van der Waals surface area contributed by atoms with Crippen molar-refractivity contribution < 1.29 is 5.11 Å². The molecule has 0 fully saturated rings. The van der Waals surface area contributed by atoms with Crippen molar-refractivity contribution in [2.24, 2.45) is 11.8 Å². The van der Waals surface area contributed by atoms with Crippen molar-refractivity contribution in [2.75, 3.05) is 0 Å². The Kier molecular flexibility index (Phi) is 6.45. The van der Waals surface area contributed by atoms with Crippen LogP contribution in [0.5, 0.6) is 0 Å². The molecule has 0 spiro atoms. The van der Waals surface area contributed by atoms with Crippen LogP contribution in [0.1, 0.15) is 53.4 Å². The second-order valence-corrected chi connectivity index (χ2v) is 4.04. The van der Waals surface area contributed by atoms with Crippen LogP contribution in [0.15, 0.2) is 0 Å². The summed E-state index contributed by atoms with van der Waals surface area (Å²) >= 11 is 0. The van der Waals surface area contributed by atoms with Crippen LogP contribution in [-0.4, -0.2) is 11.2 Å². The molecular weight excluding hydrogens is 148 g/mol. The number of hydrogen-bond donors (Lipinski definition) is 1. The molecule has 1 nitrogen and oxygen atoms in total. The zero-order valence-corrected chi connectivity index (χ0v) is 9.01. The Bertz CT molecular complexity index is 101. The zero-order valence-electron chi connectivity index (χ0n) is 9.01. The van der Waals surface area contributed by atoms with Gasteiger partial charge in [-0.15, -0.1) is 0 Å². The Balaban J connectivity index is 3.59. The first-order valence-corrected chi connectivity index (χ1v) is 5.29. The molecular formula is C11H24O. The summed E-state index contributed by atoms with van der Waals surface area (Å²) in [7, 11) is 0. The maximum Gasteiger partial charge on any atom is 0.0542 e. The van der Waals surface area contributed by atoms with E-state index in [0.717, 1.165) is 25.2 Å². The molecule has 0 aliphatic carbocycles. The molecule has 0 heterocycles. The van der Waals surface area contributed by atoms with Crippen molar-refractivity contribution in [1.82, 2.24) is 0 Å². The van der Waals surface area contributed by atoms with E-state index < -0.39 is 0 Å². The van der Waals surface area contributed by atoms with Crippen LogP contribution in [0.2, 0.25) is 0 Å². The van der Waals surface area contributed by atoms with Crippen LogP contribution in [-0.2, 0) is 0 Å². The monoisotopic (exact) mass is 172 g/mol. The summed E-state index contributed by atoms with van der Waals surface area (Å²) in [6.45, 7) is 8.85. The zero-order chi connectivity index (χ0) is 9.56. The van der Waals surface area contributed by atoms with Gasteiger partial charge in [0.2, 0.25) is 0 Å². The molecule has 1 heteroatoms. The van der Waals surface area contributed by atoms with Gasteiger partial charge in [0.15, 0.2) is 0 Å². The lowest BCUT2D eigenvalue weighted by Gasteiger charge is -2.21. The third-order valence-corrected chi connectivity index (χ3v) is 2.88. The van der Waals surface area contributed by atoms with E-state index in [9.17, 15) is 5.11 Å². The van der Waals surface area contributed by atoms with Crippen LogP contribution in [0, 0.1) is 11.8 Å². The standard InChI is InChI=1S/C11H24O/c1-5-7-11(12)8-10(4)9(3)6-2/h9-12H,5-8H2,1-4H3. The summed E-state index contributed by atoms with van der Waals surface area (Å²) in [5, 5.41) is 9.56. The van der Waals surface area contributed by atoms with Gasteiger partial charge < -0.3 is 5.11 Å². The average Bonchev–Trinajstić information content (AvgIpc) is 2.03. The highest BCUT2D eigenvalue weighted by Gasteiger charge is 2.14. The Labute approximate surface area is 77.2 Å². The molecule has 0 saturated heterocycles. The Hall–Kier alpha value is -0.0400. The third-order valence-electron chi connectivity index (χ3n) is 2.88. The highest BCUT2D eigenvalue weighted by molar-refractivity contribution is 4.65. The Morgan fingerprint density at radius 3 is 2.08 bits per heavy atom. The van der Waals surface area contributed by atoms with E-state index in [-0.39, 0.29) is 6.10 Å². The number of aliphatic hydroxyl groups is 1. The lowest BCUT2D eigenvalue weighted by molar-refractivity contribution is 0.122. The quantitative estimate of drug-likeness (QED) is 0.652. The predicted octanol–water partition coefficient (Wildman–Crippen LogP) is 3.22. The van der Waals surface area contributed by atoms with Crippen LogP contribution >= 0.6 is 0 Å². The van der Waals surface area contributed by atoms with E-state index in [1.165, 1.54) is 6.42 Å². The fourth-order valence-electron chi connectivity index (χ4n) is 1.51. The van der Waals surface area contributed by atoms with E-state index in [2.05, 4.69) is 27.7 Å². The van der Waals surface area contributed by atoms with Crippen molar-refractivity contribution in [3.05, 3.63) is 0 Å². The molecule has 0 aliphatic heterocycles. The van der Waals surface area contributed by atoms with Crippen molar-refractivity contribution in [3.63, 3.8) is 0 Å². The average molecular weight is 172 g/mol. The van der Waals surface area contributed by atoms with Gasteiger partial charge in [-0.05, 0) is 24.7 Å². The maximum absolute atomic E-state index is 9.56. The van der Waals surface area contributed by atoms with Crippen LogP contribution < -0.4 is 0 Å². The molecule has 12 heavy (non-hydrogen) atoms. The minimum Gasteiger partial charge on any atom is -0.393 e. The van der Waals surface area contributed by atoms with E-state index in [1.807, 2.05) is 0 Å². The Morgan fingerprint density at radius 1 is 1.08 bits per heavy atom. The first kappa shape index (κ1) is 12.0. The molecule has 74 valence electrons. The van der Waals surface area contributed by atoms with E-state index >= 15 is 0 Å². The summed E-state index contributed by atoms with van der Waals surface area (Å²) in [4.78, 5) is 0. The van der Waals surface area contributed by atoms with Crippen molar-refractivity contribution in [3.8, 4) is 0 Å².